The molecule has 1 aromatic heterocycles. The van der Waals surface area contributed by atoms with Crippen molar-refractivity contribution in [1.82, 2.24) is 4.98 Å². The van der Waals surface area contributed by atoms with Gasteiger partial charge in [0.05, 0.1) is 11.2 Å². The molecule has 2 aromatic rings. The first kappa shape index (κ1) is 13.2. The van der Waals surface area contributed by atoms with Crippen LogP contribution in [-0.4, -0.2) is 13.4 Å². The molecule has 0 unspecified atom stereocenters. The number of nitrogens with one attached hydrogen (secondary N) is 1. The van der Waals surface area contributed by atoms with Crippen molar-refractivity contribution in [3.8, 4) is 0 Å². The number of hydrogen-bond acceptors (Lipinski definition) is 4. The summed E-state index contributed by atoms with van der Waals surface area (Å²) >= 11 is 5.98. The lowest BCUT2D eigenvalue weighted by atomic mass is 10.3. The quantitative estimate of drug-likeness (QED) is 0.948. The molecule has 0 saturated carbocycles. The normalized spacial score (nSPS) is 11.5. The molecule has 0 amide bonds. The van der Waals surface area contributed by atoms with Gasteiger partial charge in [0.25, 0.3) is 10.0 Å². The first-order chi connectivity index (χ1) is 8.40. The van der Waals surface area contributed by atoms with Gasteiger partial charge in [-0.25, -0.2) is 17.8 Å². The van der Waals surface area contributed by atoms with Gasteiger partial charge < -0.3 is 0 Å². The maximum atomic E-state index is 13.6. The summed E-state index contributed by atoms with van der Waals surface area (Å²) in [5.41, 5.74) is 0. The van der Waals surface area contributed by atoms with Gasteiger partial charge in [0.15, 0.2) is 16.1 Å². The number of nitrogens with zero attached hydrogens (tertiary/aromatic N) is 1. The van der Waals surface area contributed by atoms with E-state index in [4.69, 9.17) is 11.6 Å². The van der Waals surface area contributed by atoms with Crippen molar-refractivity contribution in [3.63, 3.8) is 0 Å². The second kappa shape index (κ2) is 4.79. The SMILES string of the molecule is O=S(=O)(Nc1ncc(F)s1)c1cccc(Cl)c1F. The number of sulfonamides is 1. The van der Waals surface area contributed by atoms with Crippen LogP contribution in [0.25, 0.3) is 0 Å². The highest BCUT2D eigenvalue weighted by atomic mass is 35.5. The summed E-state index contributed by atoms with van der Waals surface area (Å²) in [6, 6.07) is 3.56. The van der Waals surface area contributed by atoms with Crippen LogP contribution < -0.4 is 4.72 Å². The van der Waals surface area contributed by atoms with Crippen LogP contribution in [0.4, 0.5) is 13.9 Å². The number of thiazole rings is 1. The van der Waals surface area contributed by atoms with Gasteiger partial charge >= 0.3 is 0 Å². The van der Waals surface area contributed by atoms with Crippen LogP contribution >= 0.6 is 22.9 Å². The molecule has 1 aromatic carbocycles. The summed E-state index contributed by atoms with van der Waals surface area (Å²) in [7, 11) is -4.18. The van der Waals surface area contributed by atoms with Crippen molar-refractivity contribution >= 4 is 38.1 Å². The number of halogens is 3. The van der Waals surface area contributed by atoms with E-state index in [1.165, 1.54) is 12.1 Å². The average molecular weight is 311 g/mol. The molecule has 0 bridgehead atoms. The summed E-state index contributed by atoms with van der Waals surface area (Å²) in [5.74, 6) is -1.07. The molecule has 0 radical (unpaired) electrons. The summed E-state index contributed by atoms with van der Waals surface area (Å²) in [4.78, 5) is 2.86. The van der Waals surface area contributed by atoms with Gasteiger partial charge in [0.1, 0.15) is 4.90 Å². The van der Waals surface area contributed by atoms with Crippen molar-refractivity contribution in [2.24, 2.45) is 0 Å². The molecule has 0 aliphatic heterocycles. The maximum absolute atomic E-state index is 13.6. The number of rotatable bonds is 3. The van der Waals surface area contributed by atoms with E-state index in [9.17, 15) is 17.2 Å². The van der Waals surface area contributed by atoms with E-state index < -0.39 is 25.9 Å². The summed E-state index contributed by atoms with van der Waals surface area (Å²) in [5, 5.41) is -1.16. The van der Waals surface area contributed by atoms with Crippen LogP contribution in [0.1, 0.15) is 0 Å². The van der Waals surface area contributed by atoms with E-state index in [0.29, 0.717) is 11.3 Å². The van der Waals surface area contributed by atoms with Gasteiger partial charge in [-0.2, -0.15) is 4.39 Å². The topological polar surface area (TPSA) is 59.1 Å². The lowest BCUT2D eigenvalue weighted by Gasteiger charge is -2.06. The minimum absolute atomic E-state index is 0.188. The second-order valence-electron chi connectivity index (χ2n) is 3.13. The van der Waals surface area contributed by atoms with Crippen LogP contribution in [0.3, 0.4) is 0 Å². The molecule has 96 valence electrons. The van der Waals surface area contributed by atoms with E-state index in [-0.39, 0.29) is 10.2 Å². The Kier molecular flexibility index (Phi) is 3.51. The standard InChI is InChI=1S/C9H5ClF2N2O2S2/c10-5-2-1-3-6(8(5)12)18(15,16)14-9-13-4-7(11)17-9/h1-4H,(H,13,14). The van der Waals surface area contributed by atoms with Crippen molar-refractivity contribution in [3.05, 3.63) is 40.4 Å². The first-order valence-electron chi connectivity index (χ1n) is 4.48. The van der Waals surface area contributed by atoms with Crippen LogP contribution in [0.5, 0.6) is 0 Å². The molecule has 4 nitrogen and oxygen atoms in total. The number of anilines is 1. The number of aromatic nitrogens is 1. The highest BCUT2D eigenvalue weighted by molar-refractivity contribution is 7.93. The largest absolute Gasteiger partial charge is 0.266 e. The number of benzene rings is 1. The van der Waals surface area contributed by atoms with Crippen molar-refractivity contribution in [1.29, 1.82) is 0 Å². The fraction of sp³-hybridized carbons (Fsp3) is 0. The summed E-state index contributed by atoms with van der Waals surface area (Å²) < 4.78 is 51.8. The summed E-state index contributed by atoms with van der Waals surface area (Å²) in [6.45, 7) is 0. The van der Waals surface area contributed by atoms with Gasteiger partial charge in [-0.1, -0.05) is 29.0 Å². The Morgan fingerprint density at radius 2 is 2.06 bits per heavy atom. The lowest BCUT2D eigenvalue weighted by molar-refractivity contribution is 0.570. The number of hydrogen-bond donors (Lipinski definition) is 1. The molecule has 1 heterocycles. The molecule has 1 N–H and O–H groups in total. The Hall–Kier alpha value is -1.25. The smallest absolute Gasteiger partial charge is 0.254 e. The average Bonchev–Trinajstić information content (AvgIpc) is 2.67. The highest BCUT2D eigenvalue weighted by Crippen LogP contribution is 2.25. The van der Waals surface area contributed by atoms with Crippen LogP contribution in [0.15, 0.2) is 29.3 Å². The van der Waals surface area contributed by atoms with Gasteiger partial charge in [0.2, 0.25) is 0 Å². The molecule has 0 atom stereocenters. The zero-order chi connectivity index (χ0) is 13.3. The predicted molar refractivity (Wildman–Crippen MR) is 64.3 cm³/mol. The van der Waals surface area contributed by atoms with Gasteiger partial charge in [0, 0.05) is 0 Å². The second-order valence-corrected chi connectivity index (χ2v) is 6.17. The van der Waals surface area contributed by atoms with Crippen LogP contribution in [-0.2, 0) is 10.0 Å². The van der Waals surface area contributed by atoms with Gasteiger partial charge in [-0.05, 0) is 12.1 Å². The van der Waals surface area contributed by atoms with E-state index in [1.54, 1.807) is 0 Å². The Morgan fingerprint density at radius 3 is 2.67 bits per heavy atom. The first-order valence-corrected chi connectivity index (χ1v) is 7.16. The van der Waals surface area contributed by atoms with E-state index in [2.05, 4.69) is 4.98 Å². The predicted octanol–water partition coefficient (Wildman–Crippen LogP) is 2.88. The van der Waals surface area contributed by atoms with E-state index >= 15 is 0 Å². The van der Waals surface area contributed by atoms with E-state index in [1.807, 2.05) is 4.72 Å². The Morgan fingerprint density at radius 1 is 1.33 bits per heavy atom. The van der Waals surface area contributed by atoms with E-state index in [0.717, 1.165) is 12.3 Å². The Balaban J connectivity index is 2.40. The highest BCUT2D eigenvalue weighted by Gasteiger charge is 2.22. The molecule has 9 heteroatoms. The third-order valence-electron chi connectivity index (χ3n) is 1.90. The molecule has 2 rings (SSSR count). The fourth-order valence-corrected chi connectivity index (χ4v) is 3.28. The molecule has 0 aliphatic carbocycles. The maximum Gasteiger partial charge on any atom is 0.266 e. The van der Waals surface area contributed by atoms with Gasteiger partial charge in [-0.3, -0.25) is 4.72 Å². The minimum Gasteiger partial charge on any atom is -0.254 e. The molecule has 0 aliphatic rings. The summed E-state index contributed by atoms with van der Waals surface area (Å²) in [6.07, 6.45) is 0.858. The molecule has 0 saturated heterocycles. The molecular formula is C9H5ClF2N2O2S2. The molecule has 0 spiro atoms. The molecule has 0 fully saturated rings. The Labute approximate surface area is 110 Å². The van der Waals surface area contributed by atoms with Crippen LogP contribution in [0.2, 0.25) is 5.02 Å². The third kappa shape index (κ3) is 2.60. The van der Waals surface area contributed by atoms with Crippen molar-refractivity contribution in [2.75, 3.05) is 4.72 Å². The van der Waals surface area contributed by atoms with Crippen molar-refractivity contribution < 1.29 is 17.2 Å². The monoisotopic (exact) mass is 310 g/mol. The van der Waals surface area contributed by atoms with Crippen LogP contribution in [0, 0.1) is 10.9 Å². The minimum atomic E-state index is -4.18. The fourth-order valence-electron chi connectivity index (χ4n) is 1.16. The zero-order valence-corrected chi connectivity index (χ0v) is 10.9. The third-order valence-corrected chi connectivity index (χ3v) is 4.38. The zero-order valence-electron chi connectivity index (χ0n) is 8.52. The van der Waals surface area contributed by atoms with Crippen molar-refractivity contribution in [2.45, 2.75) is 4.90 Å². The molecular weight excluding hydrogens is 306 g/mol. The van der Waals surface area contributed by atoms with Gasteiger partial charge in [-0.15, -0.1) is 0 Å². The Bertz CT molecular complexity index is 688. The molecule has 18 heavy (non-hydrogen) atoms. The lowest BCUT2D eigenvalue weighted by Crippen LogP contribution is -2.14.